The molecule has 0 aromatic heterocycles. The molecule has 0 aliphatic heterocycles. The van der Waals surface area contributed by atoms with E-state index in [4.69, 9.17) is 5.73 Å². The third-order valence-corrected chi connectivity index (χ3v) is 3.75. The van der Waals surface area contributed by atoms with E-state index in [1.54, 1.807) is 0 Å². The highest BCUT2D eigenvalue weighted by atomic mass is 15.2. The van der Waals surface area contributed by atoms with Gasteiger partial charge in [-0.3, -0.25) is 0 Å². The number of rotatable bonds is 8. The third-order valence-electron chi connectivity index (χ3n) is 3.75. The van der Waals surface area contributed by atoms with Gasteiger partial charge in [0.2, 0.25) is 0 Å². The van der Waals surface area contributed by atoms with Crippen molar-refractivity contribution in [2.45, 2.75) is 58.9 Å². The van der Waals surface area contributed by atoms with Crippen LogP contribution in [0.15, 0.2) is 0 Å². The highest BCUT2D eigenvalue weighted by molar-refractivity contribution is 4.77. The van der Waals surface area contributed by atoms with Gasteiger partial charge in [-0.15, -0.1) is 0 Å². The van der Waals surface area contributed by atoms with E-state index in [1.165, 1.54) is 32.2 Å². The van der Waals surface area contributed by atoms with E-state index in [2.05, 4.69) is 39.6 Å². The van der Waals surface area contributed by atoms with Crippen LogP contribution in [0.3, 0.4) is 0 Å². The lowest BCUT2D eigenvalue weighted by Gasteiger charge is -2.35. The monoisotopic (exact) mass is 214 g/mol. The summed E-state index contributed by atoms with van der Waals surface area (Å²) in [5.74, 6) is 0.785. The Hall–Kier alpha value is -0.0800. The first-order chi connectivity index (χ1) is 6.94. The van der Waals surface area contributed by atoms with Crippen molar-refractivity contribution in [3.63, 3.8) is 0 Å². The molecule has 0 spiro atoms. The summed E-state index contributed by atoms with van der Waals surface area (Å²) in [5, 5.41) is 0. The van der Waals surface area contributed by atoms with Crippen molar-refractivity contribution in [1.82, 2.24) is 4.90 Å². The fourth-order valence-corrected chi connectivity index (χ4v) is 1.68. The SMILES string of the molecule is CCC(C)(C)N(C)CCCC(C)CCN. The molecule has 15 heavy (non-hydrogen) atoms. The van der Waals surface area contributed by atoms with Crippen molar-refractivity contribution in [3.05, 3.63) is 0 Å². The summed E-state index contributed by atoms with van der Waals surface area (Å²) in [6.45, 7) is 11.2. The lowest BCUT2D eigenvalue weighted by molar-refractivity contribution is 0.146. The van der Waals surface area contributed by atoms with Crippen LogP contribution in [0.4, 0.5) is 0 Å². The molecule has 0 heterocycles. The van der Waals surface area contributed by atoms with Gasteiger partial charge in [0.15, 0.2) is 0 Å². The Kier molecular flexibility index (Phi) is 7.20. The van der Waals surface area contributed by atoms with Crippen molar-refractivity contribution in [3.8, 4) is 0 Å². The zero-order chi connectivity index (χ0) is 11.9. The van der Waals surface area contributed by atoms with Gasteiger partial charge in [0.05, 0.1) is 0 Å². The highest BCUT2D eigenvalue weighted by Crippen LogP contribution is 2.18. The molecule has 2 nitrogen and oxygen atoms in total. The molecule has 0 saturated carbocycles. The minimum atomic E-state index is 0.344. The molecule has 1 unspecified atom stereocenters. The molecule has 92 valence electrons. The predicted octanol–water partition coefficient (Wildman–Crippen LogP) is 2.87. The van der Waals surface area contributed by atoms with E-state index in [0.29, 0.717) is 5.54 Å². The van der Waals surface area contributed by atoms with E-state index in [-0.39, 0.29) is 0 Å². The molecule has 0 radical (unpaired) electrons. The van der Waals surface area contributed by atoms with Gasteiger partial charge in [-0.25, -0.2) is 0 Å². The van der Waals surface area contributed by atoms with Crippen LogP contribution in [-0.4, -0.2) is 30.6 Å². The fraction of sp³-hybridized carbons (Fsp3) is 1.00. The molecule has 0 saturated heterocycles. The summed E-state index contributed by atoms with van der Waals surface area (Å²) in [7, 11) is 2.23. The molecular weight excluding hydrogens is 184 g/mol. The van der Waals surface area contributed by atoms with E-state index >= 15 is 0 Å². The van der Waals surface area contributed by atoms with E-state index in [9.17, 15) is 0 Å². The Morgan fingerprint density at radius 1 is 1.27 bits per heavy atom. The first-order valence-electron chi connectivity index (χ1n) is 6.35. The van der Waals surface area contributed by atoms with Crippen molar-refractivity contribution in [2.24, 2.45) is 11.7 Å². The minimum absolute atomic E-state index is 0.344. The second kappa shape index (κ2) is 7.24. The van der Waals surface area contributed by atoms with E-state index < -0.39 is 0 Å². The predicted molar refractivity (Wildman–Crippen MR) is 69.1 cm³/mol. The van der Waals surface area contributed by atoms with Gasteiger partial charge < -0.3 is 10.6 Å². The normalized spacial score (nSPS) is 14.6. The summed E-state index contributed by atoms with van der Waals surface area (Å²) >= 11 is 0. The maximum Gasteiger partial charge on any atom is 0.0147 e. The van der Waals surface area contributed by atoms with Crippen molar-refractivity contribution >= 4 is 0 Å². The lowest BCUT2D eigenvalue weighted by Crippen LogP contribution is -2.41. The second-order valence-electron chi connectivity index (χ2n) is 5.41. The average molecular weight is 214 g/mol. The highest BCUT2D eigenvalue weighted by Gasteiger charge is 2.20. The van der Waals surface area contributed by atoms with Gasteiger partial charge in [0.25, 0.3) is 0 Å². The molecule has 0 aromatic rings. The number of hydrogen-bond donors (Lipinski definition) is 1. The summed E-state index contributed by atoms with van der Waals surface area (Å²) in [6, 6.07) is 0. The summed E-state index contributed by atoms with van der Waals surface area (Å²) in [4.78, 5) is 2.47. The molecule has 1 atom stereocenters. The van der Waals surface area contributed by atoms with Gasteiger partial charge in [-0.1, -0.05) is 13.8 Å². The van der Waals surface area contributed by atoms with Crippen LogP contribution in [-0.2, 0) is 0 Å². The first-order valence-corrected chi connectivity index (χ1v) is 6.35. The Labute approximate surface area is 96.2 Å². The Morgan fingerprint density at radius 3 is 2.33 bits per heavy atom. The molecule has 2 heteroatoms. The number of nitrogens with zero attached hydrogens (tertiary/aromatic N) is 1. The molecule has 2 N–H and O–H groups in total. The minimum Gasteiger partial charge on any atom is -0.330 e. The van der Waals surface area contributed by atoms with E-state index in [0.717, 1.165) is 12.5 Å². The quantitative estimate of drug-likeness (QED) is 0.673. The van der Waals surface area contributed by atoms with Crippen LogP contribution >= 0.6 is 0 Å². The summed E-state index contributed by atoms with van der Waals surface area (Å²) in [5.41, 5.74) is 5.89. The van der Waals surface area contributed by atoms with Crippen molar-refractivity contribution in [1.29, 1.82) is 0 Å². The van der Waals surface area contributed by atoms with Crippen LogP contribution in [0.1, 0.15) is 53.4 Å². The summed E-state index contributed by atoms with van der Waals surface area (Å²) < 4.78 is 0. The Balaban J connectivity index is 3.67. The Morgan fingerprint density at radius 2 is 1.87 bits per heavy atom. The lowest BCUT2D eigenvalue weighted by atomic mass is 9.98. The van der Waals surface area contributed by atoms with Gasteiger partial charge >= 0.3 is 0 Å². The topological polar surface area (TPSA) is 29.3 Å². The van der Waals surface area contributed by atoms with Gasteiger partial charge in [-0.2, -0.15) is 0 Å². The maximum absolute atomic E-state index is 5.54. The van der Waals surface area contributed by atoms with Crippen LogP contribution in [0, 0.1) is 5.92 Å². The zero-order valence-corrected chi connectivity index (χ0v) is 11.3. The average Bonchev–Trinajstić information content (AvgIpc) is 2.18. The molecule has 0 fully saturated rings. The van der Waals surface area contributed by atoms with Crippen LogP contribution in [0.25, 0.3) is 0 Å². The molecule has 0 aliphatic rings. The second-order valence-corrected chi connectivity index (χ2v) is 5.41. The molecule has 0 rings (SSSR count). The van der Waals surface area contributed by atoms with Gasteiger partial charge in [-0.05, 0) is 65.6 Å². The maximum atomic E-state index is 5.54. The van der Waals surface area contributed by atoms with Crippen molar-refractivity contribution in [2.75, 3.05) is 20.1 Å². The molecule has 0 aromatic carbocycles. The van der Waals surface area contributed by atoms with Crippen LogP contribution < -0.4 is 5.73 Å². The van der Waals surface area contributed by atoms with E-state index in [1.807, 2.05) is 0 Å². The molecule has 0 amide bonds. The summed E-state index contributed by atoms with van der Waals surface area (Å²) in [6.07, 6.45) is 4.98. The van der Waals surface area contributed by atoms with Crippen molar-refractivity contribution < 1.29 is 0 Å². The van der Waals surface area contributed by atoms with Gasteiger partial charge in [0.1, 0.15) is 0 Å². The van der Waals surface area contributed by atoms with Crippen LogP contribution in [0.5, 0.6) is 0 Å². The smallest absolute Gasteiger partial charge is 0.0147 e. The zero-order valence-electron chi connectivity index (χ0n) is 11.3. The largest absolute Gasteiger partial charge is 0.330 e. The molecular formula is C13H30N2. The molecule has 0 bridgehead atoms. The third kappa shape index (κ3) is 6.16. The van der Waals surface area contributed by atoms with Crippen LogP contribution in [0.2, 0.25) is 0 Å². The van der Waals surface area contributed by atoms with Gasteiger partial charge in [0, 0.05) is 5.54 Å². The molecule has 0 aliphatic carbocycles. The number of hydrogen-bond acceptors (Lipinski definition) is 2. The standard InChI is InChI=1S/C13H30N2/c1-6-13(3,4)15(5)11-7-8-12(2)9-10-14/h12H,6-11,14H2,1-5H3. The first kappa shape index (κ1) is 14.9. The fourth-order valence-electron chi connectivity index (χ4n) is 1.68. The Bertz CT molecular complexity index is 155. The number of nitrogens with two attached hydrogens (primary N) is 1.